The number of rotatable bonds is 4. The lowest BCUT2D eigenvalue weighted by molar-refractivity contribution is 0.601. The minimum Gasteiger partial charge on any atom is -0.368 e. The molecule has 23 heavy (non-hydrogen) atoms. The molecule has 0 spiro atoms. The number of hydrogen-bond acceptors (Lipinski definition) is 6. The first-order chi connectivity index (χ1) is 11.0. The fourth-order valence-corrected chi connectivity index (χ4v) is 2.90. The number of sulfonamides is 1. The van der Waals surface area contributed by atoms with Gasteiger partial charge in [0.2, 0.25) is 11.9 Å². The SMILES string of the molecule is Nc1nc(NS(=O)(=O)c2ccccc2)nc(-c2ccccc2)n1. The Bertz CT molecular complexity index is 915. The molecule has 7 nitrogen and oxygen atoms in total. The average molecular weight is 327 g/mol. The Balaban J connectivity index is 1.97. The highest BCUT2D eigenvalue weighted by Crippen LogP contribution is 2.18. The number of nitrogen functional groups attached to an aromatic ring is 1. The third kappa shape index (κ3) is 3.43. The quantitative estimate of drug-likeness (QED) is 0.757. The van der Waals surface area contributed by atoms with E-state index in [9.17, 15) is 8.42 Å². The van der Waals surface area contributed by atoms with Crippen molar-refractivity contribution in [2.75, 3.05) is 10.5 Å². The van der Waals surface area contributed by atoms with Crippen LogP contribution in [0.1, 0.15) is 0 Å². The molecule has 0 aliphatic heterocycles. The lowest BCUT2D eigenvalue weighted by Crippen LogP contribution is -2.16. The Hall–Kier alpha value is -3.00. The molecule has 3 N–H and O–H groups in total. The van der Waals surface area contributed by atoms with Gasteiger partial charge in [-0.3, -0.25) is 0 Å². The topological polar surface area (TPSA) is 111 Å². The van der Waals surface area contributed by atoms with Crippen LogP contribution >= 0.6 is 0 Å². The van der Waals surface area contributed by atoms with E-state index < -0.39 is 10.0 Å². The van der Waals surface area contributed by atoms with Crippen molar-refractivity contribution in [3.8, 4) is 11.4 Å². The molecule has 0 unspecified atom stereocenters. The second kappa shape index (κ2) is 6.01. The summed E-state index contributed by atoms with van der Waals surface area (Å²) in [5, 5.41) is 0. The molecule has 1 aromatic heterocycles. The minimum absolute atomic E-state index is 0.0652. The van der Waals surface area contributed by atoms with E-state index in [0.717, 1.165) is 0 Å². The van der Waals surface area contributed by atoms with E-state index in [4.69, 9.17) is 5.73 Å². The van der Waals surface area contributed by atoms with Crippen LogP contribution in [0.2, 0.25) is 0 Å². The summed E-state index contributed by atoms with van der Waals surface area (Å²) >= 11 is 0. The van der Waals surface area contributed by atoms with Gasteiger partial charge in [-0.15, -0.1) is 0 Å². The molecule has 3 aromatic rings. The zero-order chi connectivity index (χ0) is 16.3. The van der Waals surface area contributed by atoms with Crippen LogP contribution in [0.4, 0.5) is 11.9 Å². The maximum Gasteiger partial charge on any atom is 0.264 e. The van der Waals surface area contributed by atoms with Crippen LogP contribution in [-0.4, -0.2) is 23.4 Å². The summed E-state index contributed by atoms with van der Waals surface area (Å²) in [5.74, 6) is 0.105. The zero-order valence-electron chi connectivity index (χ0n) is 11.9. The van der Waals surface area contributed by atoms with Crippen molar-refractivity contribution in [3.05, 3.63) is 60.7 Å². The van der Waals surface area contributed by atoms with E-state index >= 15 is 0 Å². The van der Waals surface area contributed by atoms with Crippen LogP contribution in [-0.2, 0) is 10.0 Å². The van der Waals surface area contributed by atoms with Gasteiger partial charge in [-0.1, -0.05) is 48.5 Å². The van der Waals surface area contributed by atoms with Crippen LogP contribution in [0.5, 0.6) is 0 Å². The van der Waals surface area contributed by atoms with Gasteiger partial charge in [-0.2, -0.15) is 15.0 Å². The first-order valence-corrected chi connectivity index (χ1v) is 8.18. The predicted molar refractivity (Wildman–Crippen MR) is 86.9 cm³/mol. The first-order valence-electron chi connectivity index (χ1n) is 6.69. The number of benzene rings is 2. The molecule has 0 amide bonds. The molecule has 2 aromatic carbocycles. The van der Waals surface area contributed by atoms with Crippen LogP contribution in [0.25, 0.3) is 11.4 Å². The van der Waals surface area contributed by atoms with Crippen molar-refractivity contribution in [3.63, 3.8) is 0 Å². The Morgan fingerprint density at radius 1 is 0.826 bits per heavy atom. The van der Waals surface area contributed by atoms with Crippen LogP contribution in [0.15, 0.2) is 65.6 Å². The van der Waals surface area contributed by atoms with Crippen LogP contribution < -0.4 is 10.5 Å². The van der Waals surface area contributed by atoms with Gasteiger partial charge < -0.3 is 5.73 Å². The summed E-state index contributed by atoms with van der Waals surface area (Å²) < 4.78 is 26.9. The van der Waals surface area contributed by atoms with Gasteiger partial charge >= 0.3 is 0 Å². The summed E-state index contributed by atoms with van der Waals surface area (Å²) in [6.45, 7) is 0. The fourth-order valence-electron chi connectivity index (χ4n) is 1.93. The zero-order valence-corrected chi connectivity index (χ0v) is 12.7. The Morgan fingerprint density at radius 3 is 2.09 bits per heavy atom. The lowest BCUT2D eigenvalue weighted by Gasteiger charge is -2.08. The molecule has 0 aliphatic carbocycles. The van der Waals surface area contributed by atoms with E-state index in [1.165, 1.54) is 12.1 Å². The summed E-state index contributed by atoms with van der Waals surface area (Å²) in [7, 11) is -3.79. The summed E-state index contributed by atoms with van der Waals surface area (Å²) in [4.78, 5) is 12.1. The molecule has 3 rings (SSSR count). The third-order valence-electron chi connectivity index (χ3n) is 2.96. The normalized spacial score (nSPS) is 11.1. The Kier molecular flexibility index (Phi) is 3.90. The summed E-state index contributed by atoms with van der Waals surface area (Å²) in [6.07, 6.45) is 0. The highest BCUT2D eigenvalue weighted by atomic mass is 32.2. The van der Waals surface area contributed by atoms with Gasteiger partial charge in [0.15, 0.2) is 5.82 Å². The van der Waals surface area contributed by atoms with E-state index in [1.54, 1.807) is 30.3 Å². The third-order valence-corrected chi connectivity index (χ3v) is 4.31. The number of aromatic nitrogens is 3. The van der Waals surface area contributed by atoms with Crippen molar-refractivity contribution < 1.29 is 8.42 Å². The number of hydrogen-bond donors (Lipinski definition) is 2. The Morgan fingerprint density at radius 2 is 1.43 bits per heavy atom. The highest BCUT2D eigenvalue weighted by Gasteiger charge is 2.16. The lowest BCUT2D eigenvalue weighted by atomic mass is 10.2. The molecule has 0 saturated carbocycles. The number of nitrogens with one attached hydrogen (secondary N) is 1. The summed E-state index contributed by atoms with van der Waals surface area (Å²) in [6, 6.07) is 17.0. The van der Waals surface area contributed by atoms with Crippen LogP contribution in [0.3, 0.4) is 0 Å². The second-order valence-corrected chi connectivity index (χ2v) is 6.31. The van der Waals surface area contributed by atoms with E-state index in [-0.39, 0.29) is 16.8 Å². The Labute approximate surface area is 133 Å². The van der Waals surface area contributed by atoms with E-state index in [1.807, 2.05) is 18.2 Å². The van der Waals surface area contributed by atoms with Crippen molar-refractivity contribution in [1.82, 2.24) is 15.0 Å². The van der Waals surface area contributed by atoms with Crippen molar-refractivity contribution in [1.29, 1.82) is 0 Å². The molecule has 0 radical (unpaired) electrons. The van der Waals surface area contributed by atoms with Gasteiger partial charge in [-0.05, 0) is 12.1 Å². The fraction of sp³-hybridized carbons (Fsp3) is 0. The van der Waals surface area contributed by atoms with Gasteiger partial charge in [0.05, 0.1) is 4.90 Å². The monoisotopic (exact) mass is 327 g/mol. The molecule has 1 heterocycles. The first kappa shape index (κ1) is 14.9. The highest BCUT2D eigenvalue weighted by molar-refractivity contribution is 7.92. The smallest absolute Gasteiger partial charge is 0.264 e. The molecular weight excluding hydrogens is 314 g/mol. The molecular formula is C15H13N5O2S. The number of nitrogens with two attached hydrogens (primary N) is 1. The molecule has 0 saturated heterocycles. The largest absolute Gasteiger partial charge is 0.368 e. The maximum atomic E-state index is 12.3. The van der Waals surface area contributed by atoms with Gasteiger partial charge in [0.25, 0.3) is 10.0 Å². The van der Waals surface area contributed by atoms with Crippen molar-refractivity contribution in [2.45, 2.75) is 4.90 Å². The standard InChI is InChI=1S/C15H13N5O2S/c16-14-17-13(11-7-3-1-4-8-11)18-15(19-14)20-23(21,22)12-9-5-2-6-10-12/h1-10H,(H3,16,17,18,19,20). The maximum absolute atomic E-state index is 12.3. The van der Waals surface area contributed by atoms with E-state index in [0.29, 0.717) is 11.4 Å². The van der Waals surface area contributed by atoms with E-state index in [2.05, 4.69) is 19.7 Å². The molecule has 0 aliphatic rings. The number of anilines is 2. The molecule has 116 valence electrons. The molecule has 0 atom stereocenters. The molecule has 0 fully saturated rings. The molecule has 0 bridgehead atoms. The van der Waals surface area contributed by atoms with Gasteiger partial charge in [0.1, 0.15) is 0 Å². The number of nitrogens with zero attached hydrogens (tertiary/aromatic N) is 3. The van der Waals surface area contributed by atoms with Crippen LogP contribution in [0, 0.1) is 0 Å². The predicted octanol–water partition coefficient (Wildman–Crippen LogP) is 1.92. The molecule has 8 heteroatoms. The minimum atomic E-state index is -3.79. The van der Waals surface area contributed by atoms with Crippen molar-refractivity contribution >= 4 is 21.9 Å². The second-order valence-electron chi connectivity index (χ2n) is 4.63. The van der Waals surface area contributed by atoms with Gasteiger partial charge in [-0.25, -0.2) is 13.1 Å². The van der Waals surface area contributed by atoms with Gasteiger partial charge in [0, 0.05) is 5.56 Å². The summed E-state index contributed by atoms with van der Waals surface area (Å²) in [5.41, 5.74) is 6.37. The van der Waals surface area contributed by atoms with Crippen molar-refractivity contribution in [2.24, 2.45) is 0 Å². The average Bonchev–Trinajstić information content (AvgIpc) is 2.55.